The first kappa shape index (κ1) is 19.7. The van der Waals surface area contributed by atoms with Gasteiger partial charge in [-0.2, -0.15) is 0 Å². The minimum atomic E-state index is -0.568. The highest BCUT2D eigenvalue weighted by atomic mass is 32.2. The molecule has 0 spiro atoms. The Kier molecular flexibility index (Phi) is 6.10. The monoisotopic (exact) mass is 417 g/mol. The summed E-state index contributed by atoms with van der Waals surface area (Å²) < 4.78 is 11.0. The predicted molar refractivity (Wildman–Crippen MR) is 116 cm³/mol. The zero-order valence-corrected chi connectivity index (χ0v) is 17.0. The van der Waals surface area contributed by atoms with E-state index in [2.05, 4.69) is 15.5 Å². The standard InChI is InChI=1S/C23H19N3O3S/c1-28-19-14-8-13-18(15-19)24-21(27)20(16-9-4-2-5-10-16)30-23-26-25-22(29-23)17-11-6-3-7-12-17/h2-15,20H,1H3,(H,24,27)/t20-/m0/s1. The van der Waals surface area contributed by atoms with Crippen molar-refractivity contribution in [1.82, 2.24) is 10.2 Å². The van der Waals surface area contributed by atoms with E-state index in [1.54, 1.807) is 13.2 Å². The number of carbonyl (C=O) groups excluding carboxylic acids is 1. The number of ether oxygens (including phenoxy) is 1. The van der Waals surface area contributed by atoms with Crippen LogP contribution in [0.2, 0.25) is 0 Å². The smallest absolute Gasteiger partial charge is 0.277 e. The maximum absolute atomic E-state index is 13.1. The molecule has 0 bridgehead atoms. The molecule has 0 aliphatic carbocycles. The molecule has 1 amide bonds. The highest BCUT2D eigenvalue weighted by Crippen LogP contribution is 2.36. The van der Waals surface area contributed by atoms with Crippen molar-refractivity contribution in [2.45, 2.75) is 10.5 Å². The summed E-state index contributed by atoms with van der Waals surface area (Å²) in [6.45, 7) is 0. The van der Waals surface area contributed by atoms with Gasteiger partial charge in [0, 0.05) is 17.3 Å². The number of hydrogen-bond donors (Lipinski definition) is 1. The number of carbonyl (C=O) groups is 1. The molecule has 3 aromatic carbocycles. The van der Waals surface area contributed by atoms with Gasteiger partial charge in [0.2, 0.25) is 11.8 Å². The van der Waals surface area contributed by atoms with Crippen molar-refractivity contribution in [3.05, 3.63) is 90.5 Å². The van der Waals surface area contributed by atoms with Crippen LogP contribution in [0, 0.1) is 0 Å². The van der Waals surface area contributed by atoms with E-state index in [9.17, 15) is 4.79 Å². The number of thioether (sulfide) groups is 1. The molecule has 4 rings (SSSR count). The first-order valence-electron chi connectivity index (χ1n) is 9.28. The van der Waals surface area contributed by atoms with Crippen LogP contribution >= 0.6 is 11.8 Å². The topological polar surface area (TPSA) is 77.2 Å². The Hall–Kier alpha value is -3.58. The second-order valence-electron chi connectivity index (χ2n) is 6.37. The summed E-state index contributed by atoms with van der Waals surface area (Å²) in [5, 5.41) is 10.9. The van der Waals surface area contributed by atoms with Crippen molar-refractivity contribution in [2.75, 3.05) is 12.4 Å². The average Bonchev–Trinajstić information content (AvgIpc) is 3.27. The fraction of sp³-hybridized carbons (Fsp3) is 0.0870. The Morgan fingerprint density at radius 1 is 0.967 bits per heavy atom. The number of rotatable bonds is 7. The zero-order chi connectivity index (χ0) is 20.8. The molecule has 1 atom stereocenters. The van der Waals surface area contributed by atoms with E-state index in [4.69, 9.17) is 9.15 Å². The number of methoxy groups -OCH3 is 1. The minimum absolute atomic E-state index is 0.195. The maximum atomic E-state index is 13.1. The molecule has 1 N–H and O–H groups in total. The van der Waals surface area contributed by atoms with Crippen LogP contribution in [0.4, 0.5) is 5.69 Å². The molecule has 0 unspecified atom stereocenters. The van der Waals surface area contributed by atoms with Crippen LogP contribution < -0.4 is 10.1 Å². The number of nitrogens with zero attached hydrogens (tertiary/aromatic N) is 2. The lowest BCUT2D eigenvalue weighted by Gasteiger charge is -2.15. The molecule has 1 heterocycles. The Balaban J connectivity index is 1.57. The van der Waals surface area contributed by atoms with Crippen LogP contribution in [0.1, 0.15) is 10.8 Å². The van der Waals surface area contributed by atoms with E-state index in [-0.39, 0.29) is 5.91 Å². The molecule has 1 aromatic heterocycles. The van der Waals surface area contributed by atoms with Crippen LogP contribution in [0.5, 0.6) is 5.75 Å². The molecule has 30 heavy (non-hydrogen) atoms. The lowest BCUT2D eigenvalue weighted by atomic mass is 10.1. The summed E-state index contributed by atoms with van der Waals surface area (Å²) in [5.74, 6) is 0.887. The largest absolute Gasteiger partial charge is 0.497 e. The number of hydrogen-bond acceptors (Lipinski definition) is 6. The molecule has 0 aliphatic rings. The third-order valence-electron chi connectivity index (χ3n) is 4.32. The van der Waals surface area contributed by atoms with Crippen LogP contribution in [0.3, 0.4) is 0 Å². The number of nitrogens with one attached hydrogen (secondary N) is 1. The maximum Gasteiger partial charge on any atom is 0.277 e. The van der Waals surface area contributed by atoms with Gasteiger partial charge in [-0.3, -0.25) is 4.79 Å². The summed E-state index contributed by atoms with van der Waals surface area (Å²) >= 11 is 1.21. The zero-order valence-electron chi connectivity index (χ0n) is 16.2. The average molecular weight is 417 g/mol. The number of benzene rings is 3. The fourth-order valence-corrected chi connectivity index (χ4v) is 3.74. The quantitative estimate of drug-likeness (QED) is 0.416. The third kappa shape index (κ3) is 4.69. The Morgan fingerprint density at radius 2 is 1.70 bits per heavy atom. The van der Waals surface area contributed by atoms with Gasteiger partial charge in [-0.05, 0) is 41.6 Å². The van der Waals surface area contributed by atoms with E-state index in [1.165, 1.54) is 11.8 Å². The van der Waals surface area contributed by atoms with Gasteiger partial charge in [0.1, 0.15) is 11.0 Å². The van der Waals surface area contributed by atoms with E-state index < -0.39 is 5.25 Å². The summed E-state index contributed by atoms with van der Waals surface area (Å²) in [6.07, 6.45) is 0. The molecule has 0 radical (unpaired) electrons. The van der Waals surface area contributed by atoms with Crippen molar-refractivity contribution in [2.24, 2.45) is 0 Å². The summed E-state index contributed by atoms with van der Waals surface area (Å²) in [4.78, 5) is 13.1. The van der Waals surface area contributed by atoms with Gasteiger partial charge in [-0.25, -0.2) is 0 Å². The predicted octanol–water partition coefficient (Wildman–Crippen LogP) is 5.22. The van der Waals surface area contributed by atoms with E-state index >= 15 is 0 Å². The number of amides is 1. The van der Waals surface area contributed by atoms with Crippen molar-refractivity contribution in [3.63, 3.8) is 0 Å². The van der Waals surface area contributed by atoms with E-state index in [0.29, 0.717) is 22.6 Å². The van der Waals surface area contributed by atoms with Gasteiger partial charge in [-0.1, -0.05) is 54.6 Å². The van der Waals surface area contributed by atoms with Gasteiger partial charge >= 0.3 is 0 Å². The molecule has 6 nitrogen and oxygen atoms in total. The van der Waals surface area contributed by atoms with E-state index in [0.717, 1.165) is 11.1 Å². The number of anilines is 1. The SMILES string of the molecule is COc1cccc(NC(=O)[C@@H](Sc2nnc(-c3ccccc3)o2)c2ccccc2)c1. The van der Waals surface area contributed by atoms with Crippen LogP contribution in [0.25, 0.3) is 11.5 Å². The fourth-order valence-electron chi connectivity index (χ4n) is 2.86. The summed E-state index contributed by atoms with van der Waals surface area (Å²) in [7, 11) is 1.59. The molecule has 0 saturated carbocycles. The Labute approximate surface area is 178 Å². The van der Waals surface area contributed by atoms with Crippen LogP contribution in [-0.2, 0) is 4.79 Å². The normalized spacial score (nSPS) is 11.6. The highest BCUT2D eigenvalue weighted by molar-refractivity contribution is 8.00. The second kappa shape index (κ2) is 9.28. The Morgan fingerprint density at radius 3 is 2.43 bits per heavy atom. The van der Waals surface area contributed by atoms with Crippen molar-refractivity contribution in [3.8, 4) is 17.2 Å². The molecular formula is C23H19N3O3S. The lowest BCUT2D eigenvalue weighted by molar-refractivity contribution is -0.115. The summed E-state index contributed by atoms with van der Waals surface area (Å²) in [6, 6.07) is 26.2. The van der Waals surface area contributed by atoms with Crippen molar-refractivity contribution >= 4 is 23.4 Å². The van der Waals surface area contributed by atoms with Gasteiger partial charge in [0.15, 0.2) is 0 Å². The van der Waals surface area contributed by atoms with Crippen molar-refractivity contribution < 1.29 is 13.9 Å². The van der Waals surface area contributed by atoms with Gasteiger partial charge in [-0.15, -0.1) is 10.2 Å². The van der Waals surface area contributed by atoms with Crippen molar-refractivity contribution in [1.29, 1.82) is 0 Å². The lowest BCUT2D eigenvalue weighted by Crippen LogP contribution is -2.19. The number of aromatic nitrogens is 2. The molecule has 0 fully saturated rings. The molecular weight excluding hydrogens is 398 g/mol. The first-order valence-corrected chi connectivity index (χ1v) is 10.2. The molecule has 0 saturated heterocycles. The van der Waals surface area contributed by atoms with Crippen LogP contribution in [-0.4, -0.2) is 23.2 Å². The van der Waals surface area contributed by atoms with Gasteiger partial charge < -0.3 is 14.5 Å². The first-order chi connectivity index (χ1) is 14.7. The minimum Gasteiger partial charge on any atom is -0.497 e. The second-order valence-corrected chi connectivity index (χ2v) is 7.43. The molecule has 7 heteroatoms. The van der Waals surface area contributed by atoms with Crippen LogP contribution in [0.15, 0.2) is 94.6 Å². The third-order valence-corrected chi connectivity index (χ3v) is 5.41. The van der Waals surface area contributed by atoms with Gasteiger partial charge in [0.05, 0.1) is 7.11 Å². The molecule has 4 aromatic rings. The summed E-state index contributed by atoms with van der Waals surface area (Å²) in [5.41, 5.74) is 2.31. The molecule has 0 aliphatic heterocycles. The van der Waals surface area contributed by atoms with E-state index in [1.807, 2.05) is 78.9 Å². The Bertz CT molecular complexity index is 1120. The highest BCUT2D eigenvalue weighted by Gasteiger charge is 2.25. The molecule has 150 valence electrons. The van der Waals surface area contributed by atoms with Gasteiger partial charge in [0.25, 0.3) is 5.22 Å².